The lowest BCUT2D eigenvalue weighted by atomic mass is 9.46. The van der Waals surface area contributed by atoms with Crippen molar-refractivity contribution in [1.82, 2.24) is 0 Å². The van der Waals surface area contributed by atoms with Gasteiger partial charge in [-0.2, -0.15) is 0 Å². The number of epoxide rings is 1. The molecule has 1 aliphatic heterocycles. The van der Waals surface area contributed by atoms with Crippen molar-refractivity contribution in [1.29, 1.82) is 0 Å². The maximum atomic E-state index is 12.6. The minimum atomic E-state index is -1.50. The first-order chi connectivity index (χ1) is 12.6. The lowest BCUT2D eigenvalue weighted by Gasteiger charge is -2.55. The first-order valence-corrected chi connectivity index (χ1v) is 10.1. The molecule has 5 nitrogen and oxygen atoms in total. The molecule has 4 aliphatic carbocycles. The number of carbonyl (C=O) groups excluding carboxylic acids is 2. The molecule has 27 heavy (non-hydrogen) atoms. The second kappa shape index (κ2) is 5.00. The van der Waals surface area contributed by atoms with Crippen LogP contribution in [-0.2, 0) is 14.3 Å². The average Bonchev–Trinajstić information content (AvgIpc) is 3.31. The second-order valence-corrected chi connectivity index (χ2v) is 9.86. The third kappa shape index (κ3) is 1.73. The molecule has 0 aromatic rings. The van der Waals surface area contributed by atoms with Crippen LogP contribution in [0.3, 0.4) is 0 Å². The van der Waals surface area contributed by atoms with Gasteiger partial charge in [0.25, 0.3) is 0 Å². The molecular weight excluding hydrogens is 344 g/mol. The Morgan fingerprint density at radius 3 is 2.78 bits per heavy atom. The van der Waals surface area contributed by atoms with E-state index in [0.29, 0.717) is 6.42 Å². The highest BCUT2D eigenvalue weighted by Gasteiger charge is 2.81. The molecule has 1 saturated heterocycles. The van der Waals surface area contributed by atoms with Gasteiger partial charge < -0.3 is 14.9 Å². The van der Waals surface area contributed by atoms with Crippen molar-refractivity contribution in [3.8, 4) is 0 Å². The number of hydrogen-bond donors (Lipinski definition) is 2. The summed E-state index contributed by atoms with van der Waals surface area (Å²) < 4.78 is 6.43. The molecule has 0 aromatic heterocycles. The van der Waals surface area contributed by atoms with Crippen LogP contribution < -0.4 is 0 Å². The van der Waals surface area contributed by atoms with E-state index in [1.165, 1.54) is 0 Å². The number of rotatable bonds is 2. The molecule has 4 fully saturated rings. The Morgan fingerprint density at radius 2 is 2.07 bits per heavy atom. The largest absolute Gasteiger partial charge is 0.388 e. The van der Waals surface area contributed by atoms with Crippen LogP contribution in [0.25, 0.3) is 0 Å². The normalized spacial score (nSPS) is 55.1. The zero-order valence-electron chi connectivity index (χ0n) is 16.2. The van der Waals surface area contributed by atoms with Gasteiger partial charge in [-0.15, -0.1) is 0 Å². The summed E-state index contributed by atoms with van der Waals surface area (Å²) in [6.07, 6.45) is 8.58. The van der Waals surface area contributed by atoms with E-state index in [-0.39, 0.29) is 40.7 Å². The van der Waals surface area contributed by atoms with Gasteiger partial charge in [0.2, 0.25) is 0 Å². The molecule has 5 rings (SSSR count). The fourth-order valence-electron chi connectivity index (χ4n) is 7.70. The van der Waals surface area contributed by atoms with Crippen LogP contribution in [-0.4, -0.2) is 45.7 Å². The quantitative estimate of drug-likeness (QED) is 0.724. The van der Waals surface area contributed by atoms with E-state index >= 15 is 0 Å². The van der Waals surface area contributed by atoms with Crippen LogP contribution in [0.2, 0.25) is 0 Å². The summed E-state index contributed by atoms with van der Waals surface area (Å²) in [5.74, 6) is -0.193. The van der Waals surface area contributed by atoms with E-state index in [2.05, 4.69) is 6.92 Å². The van der Waals surface area contributed by atoms with E-state index in [4.69, 9.17) is 4.74 Å². The summed E-state index contributed by atoms with van der Waals surface area (Å²) in [6.45, 7) is 5.51. The fraction of sp³-hybridized carbons (Fsp3) is 0.727. The molecule has 0 unspecified atom stereocenters. The SMILES string of the molecule is C[C@H]1C[C@H]2[C@@H]3CCC4=CC(=O)C=C[C@]4(C)[C@]34O[C@@H]4C[C@]2(C)[C@@]1(O)C(=O)CO. The van der Waals surface area contributed by atoms with Crippen molar-refractivity contribution in [3.63, 3.8) is 0 Å². The molecule has 5 heteroatoms. The van der Waals surface area contributed by atoms with Crippen molar-refractivity contribution in [3.05, 3.63) is 23.8 Å². The molecule has 1 heterocycles. The van der Waals surface area contributed by atoms with Gasteiger partial charge in [-0.1, -0.05) is 25.5 Å². The number of aliphatic hydroxyl groups is 2. The molecule has 1 spiro atoms. The van der Waals surface area contributed by atoms with Crippen molar-refractivity contribution in [2.45, 2.75) is 63.8 Å². The molecule has 2 N–H and O–H groups in total. The smallest absolute Gasteiger partial charge is 0.190 e. The number of Topliss-reactive ketones (excluding diaryl/α,β-unsaturated/α-hetero) is 1. The van der Waals surface area contributed by atoms with Gasteiger partial charge in [0.15, 0.2) is 11.6 Å². The number of fused-ring (bicyclic) bond motifs is 3. The lowest BCUT2D eigenvalue weighted by molar-refractivity contribution is -0.165. The Morgan fingerprint density at radius 1 is 1.33 bits per heavy atom. The zero-order chi connectivity index (χ0) is 19.4. The molecule has 0 amide bonds. The van der Waals surface area contributed by atoms with Crippen LogP contribution in [0, 0.1) is 28.6 Å². The third-order valence-electron chi connectivity index (χ3n) is 9.08. The number of ketones is 2. The standard InChI is InChI=1S/C22H28O5/c1-12-8-16-15-5-4-13-9-14(24)6-7-19(13,2)22(15)18(27-22)10-20(16,3)21(12,26)17(25)11-23/h6-7,9,12,15-16,18,23,26H,4-5,8,10-11H2,1-3H3/t12-,15-,16-,18+,19-,20-,21-,22-/m0/s1. The highest BCUT2D eigenvalue weighted by atomic mass is 16.6. The van der Waals surface area contributed by atoms with Gasteiger partial charge in [-0.05, 0) is 62.5 Å². The topological polar surface area (TPSA) is 87.1 Å². The maximum absolute atomic E-state index is 12.6. The van der Waals surface area contributed by atoms with E-state index in [0.717, 1.165) is 24.8 Å². The number of hydrogen-bond acceptors (Lipinski definition) is 5. The fourth-order valence-corrected chi connectivity index (χ4v) is 7.70. The Kier molecular flexibility index (Phi) is 3.29. The van der Waals surface area contributed by atoms with Crippen molar-refractivity contribution < 1.29 is 24.5 Å². The second-order valence-electron chi connectivity index (χ2n) is 9.86. The number of allylic oxidation sites excluding steroid dienone is 2. The molecule has 8 atom stereocenters. The maximum Gasteiger partial charge on any atom is 0.190 e. The first-order valence-electron chi connectivity index (χ1n) is 10.1. The molecule has 3 saturated carbocycles. The summed E-state index contributed by atoms with van der Waals surface area (Å²) in [4.78, 5) is 24.5. The van der Waals surface area contributed by atoms with Crippen LogP contribution in [0.5, 0.6) is 0 Å². The number of ether oxygens (including phenoxy) is 1. The van der Waals surface area contributed by atoms with Gasteiger partial charge >= 0.3 is 0 Å². The predicted octanol–water partition coefficient (Wildman–Crippen LogP) is 1.96. The van der Waals surface area contributed by atoms with Crippen molar-refractivity contribution in [2.24, 2.45) is 28.6 Å². The Hall–Kier alpha value is -1.30. The van der Waals surface area contributed by atoms with Crippen LogP contribution >= 0.6 is 0 Å². The van der Waals surface area contributed by atoms with Gasteiger partial charge in [-0.3, -0.25) is 9.59 Å². The van der Waals surface area contributed by atoms with Crippen molar-refractivity contribution in [2.75, 3.05) is 6.61 Å². The minimum Gasteiger partial charge on any atom is -0.388 e. The summed E-state index contributed by atoms with van der Waals surface area (Å²) >= 11 is 0. The van der Waals surface area contributed by atoms with Crippen LogP contribution in [0.4, 0.5) is 0 Å². The molecule has 0 bridgehead atoms. The van der Waals surface area contributed by atoms with Crippen LogP contribution in [0.15, 0.2) is 23.8 Å². The van der Waals surface area contributed by atoms with Gasteiger partial charge in [-0.25, -0.2) is 0 Å². The highest BCUT2D eigenvalue weighted by molar-refractivity contribution is 6.01. The Bertz CT molecular complexity index is 814. The predicted molar refractivity (Wildman–Crippen MR) is 97.7 cm³/mol. The lowest BCUT2D eigenvalue weighted by Crippen LogP contribution is -2.62. The summed E-state index contributed by atoms with van der Waals surface area (Å²) in [5, 5.41) is 21.0. The molecular formula is C22H28O5. The molecule has 5 aliphatic rings. The summed E-state index contributed by atoms with van der Waals surface area (Å²) in [5.41, 5.74) is -1.55. The van der Waals surface area contributed by atoms with Gasteiger partial charge in [0, 0.05) is 10.8 Å². The average molecular weight is 372 g/mol. The minimum absolute atomic E-state index is 0.0291. The zero-order valence-corrected chi connectivity index (χ0v) is 16.2. The number of aliphatic hydroxyl groups excluding tert-OH is 1. The highest BCUT2D eigenvalue weighted by Crippen LogP contribution is 2.76. The third-order valence-corrected chi connectivity index (χ3v) is 9.08. The molecule has 146 valence electrons. The number of carbonyl (C=O) groups is 2. The van der Waals surface area contributed by atoms with Crippen LogP contribution in [0.1, 0.15) is 46.5 Å². The molecule has 0 aromatic carbocycles. The van der Waals surface area contributed by atoms with Gasteiger partial charge in [0.1, 0.15) is 17.8 Å². The van der Waals surface area contributed by atoms with E-state index in [1.54, 1.807) is 12.2 Å². The monoisotopic (exact) mass is 372 g/mol. The van der Waals surface area contributed by atoms with Crippen molar-refractivity contribution >= 4 is 11.6 Å². The summed E-state index contributed by atoms with van der Waals surface area (Å²) in [7, 11) is 0. The first kappa shape index (κ1) is 17.8. The van der Waals surface area contributed by atoms with E-state index in [9.17, 15) is 19.8 Å². The Balaban J connectivity index is 1.60. The van der Waals surface area contributed by atoms with E-state index in [1.807, 2.05) is 19.9 Å². The molecule has 0 radical (unpaired) electrons. The Labute approximate surface area is 159 Å². The van der Waals surface area contributed by atoms with E-state index < -0.39 is 23.4 Å². The van der Waals surface area contributed by atoms with Gasteiger partial charge in [0.05, 0.1) is 6.10 Å². The summed E-state index contributed by atoms with van der Waals surface area (Å²) in [6, 6.07) is 0.